The molecular formula is C18H31NO8. The van der Waals surface area contributed by atoms with Crippen molar-refractivity contribution in [3.8, 4) is 0 Å². The van der Waals surface area contributed by atoms with Gasteiger partial charge in [0.15, 0.2) is 0 Å². The molecule has 27 heavy (non-hydrogen) atoms. The maximum Gasteiger partial charge on any atom is 0.229 e. The third kappa shape index (κ3) is 12.5. The summed E-state index contributed by atoms with van der Waals surface area (Å²) in [6.07, 6.45) is 2.01. The Kier molecular flexibility index (Phi) is 14.5. The van der Waals surface area contributed by atoms with Gasteiger partial charge >= 0.3 is 0 Å². The van der Waals surface area contributed by atoms with Crippen molar-refractivity contribution in [2.24, 2.45) is 0 Å². The maximum atomic E-state index is 11.4. The number of nitrogens with zero attached hydrogens (tertiary/aromatic N) is 1. The maximum absolute atomic E-state index is 11.4. The van der Waals surface area contributed by atoms with E-state index < -0.39 is 0 Å². The number of ether oxygens (including phenoxy) is 6. The van der Waals surface area contributed by atoms with Gasteiger partial charge in [-0.05, 0) is 0 Å². The number of carbonyl (C=O) groups excluding carboxylic acids is 2. The normalized spacial score (nSPS) is 14.1. The average molecular weight is 389 g/mol. The minimum absolute atomic E-state index is 0.119. The van der Waals surface area contributed by atoms with E-state index in [9.17, 15) is 9.59 Å². The molecule has 2 amide bonds. The molecule has 156 valence electrons. The number of hydrogen-bond acceptors (Lipinski definition) is 8. The summed E-state index contributed by atoms with van der Waals surface area (Å²) >= 11 is 0. The lowest BCUT2D eigenvalue weighted by molar-refractivity contribution is -0.139. The Bertz CT molecular complexity index is 402. The van der Waals surface area contributed by atoms with E-state index in [1.54, 1.807) is 0 Å². The van der Waals surface area contributed by atoms with Crippen LogP contribution in [0.3, 0.4) is 0 Å². The largest absolute Gasteiger partial charge is 0.499 e. The number of hydrogen-bond donors (Lipinski definition) is 0. The van der Waals surface area contributed by atoms with Crippen LogP contribution in [-0.2, 0) is 38.0 Å². The fourth-order valence-corrected chi connectivity index (χ4v) is 2.20. The first-order valence-corrected chi connectivity index (χ1v) is 9.20. The highest BCUT2D eigenvalue weighted by Gasteiger charge is 2.27. The first-order valence-electron chi connectivity index (χ1n) is 9.20. The molecule has 0 saturated carbocycles. The fourth-order valence-electron chi connectivity index (χ4n) is 2.20. The monoisotopic (exact) mass is 389 g/mol. The SMILES string of the molecule is C=COCCOCCOCCOCCOCCOCCN1C(=O)CCC1=O. The van der Waals surface area contributed by atoms with Crippen LogP contribution in [0.25, 0.3) is 0 Å². The number of carbonyl (C=O) groups is 2. The van der Waals surface area contributed by atoms with Crippen LogP contribution < -0.4 is 0 Å². The van der Waals surface area contributed by atoms with Crippen molar-refractivity contribution in [2.45, 2.75) is 12.8 Å². The van der Waals surface area contributed by atoms with Gasteiger partial charge in [0.05, 0.1) is 78.9 Å². The van der Waals surface area contributed by atoms with Gasteiger partial charge in [-0.1, -0.05) is 6.58 Å². The third-order valence-electron chi connectivity index (χ3n) is 3.57. The van der Waals surface area contributed by atoms with Gasteiger partial charge in [-0.3, -0.25) is 14.5 Å². The summed E-state index contributed by atoms with van der Waals surface area (Å²) in [4.78, 5) is 24.0. The number of amides is 2. The molecule has 1 aliphatic rings. The molecular weight excluding hydrogens is 358 g/mol. The lowest BCUT2D eigenvalue weighted by Gasteiger charge is -2.13. The van der Waals surface area contributed by atoms with Gasteiger partial charge in [-0.2, -0.15) is 0 Å². The Morgan fingerprint density at radius 2 is 1.04 bits per heavy atom. The summed E-state index contributed by atoms with van der Waals surface area (Å²) in [5.41, 5.74) is 0. The first kappa shape index (κ1) is 23.5. The van der Waals surface area contributed by atoms with E-state index in [4.69, 9.17) is 28.4 Å². The molecule has 1 aliphatic heterocycles. The lowest BCUT2D eigenvalue weighted by atomic mass is 10.4. The van der Waals surface area contributed by atoms with E-state index in [1.165, 1.54) is 11.2 Å². The Morgan fingerprint density at radius 1 is 0.667 bits per heavy atom. The molecule has 0 atom stereocenters. The van der Waals surface area contributed by atoms with Crippen LogP contribution in [0.4, 0.5) is 0 Å². The summed E-state index contributed by atoms with van der Waals surface area (Å²) in [6, 6.07) is 0. The van der Waals surface area contributed by atoms with Gasteiger partial charge in [-0.15, -0.1) is 0 Å². The molecule has 0 aromatic heterocycles. The van der Waals surface area contributed by atoms with Gasteiger partial charge < -0.3 is 28.4 Å². The smallest absolute Gasteiger partial charge is 0.229 e. The van der Waals surface area contributed by atoms with Gasteiger partial charge in [0.1, 0.15) is 6.61 Å². The molecule has 1 fully saturated rings. The molecule has 0 spiro atoms. The van der Waals surface area contributed by atoms with E-state index >= 15 is 0 Å². The zero-order valence-corrected chi connectivity index (χ0v) is 15.9. The zero-order valence-electron chi connectivity index (χ0n) is 15.9. The topological polar surface area (TPSA) is 92.8 Å². The number of imide groups is 1. The van der Waals surface area contributed by atoms with Gasteiger partial charge in [-0.25, -0.2) is 0 Å². The van der Waals surface area contributed by atoms with Crippen LogP contribution in [0.1, 0.15) is 12.8 Å². The molecule has 1 rings (SSSR count). The van der Waals surface area contributed by atoms with Crippen LogP contribution in [0, 0.1) is 0 Å². The second kappa shape index (κ2) is 16.6. The molecule has 0 aromatic carbocycles. The van der Waals surface area contributed by atoms with Crippen molar-refractivity contribution < 1.29 is 38.0 Å². The summed E-state index contributed by atoms with van der Waals surface area (Å²) < 4.78 is 31.6. The quantitative estimate of drug-likeness (QED) is 0.178. The summed E-state index contributed by atoms with van der Waals surface area (Å²) in [7, 11) is 0. The molecule has 0 aromatic rings. The summed E-state index contributed by atoms with van der Waals surface area (Å²) in [6.45, 7) is 8.93. The Balaban J connectivity index is 1.71. The second-order valence-electron chi connectivity index (χ2n) is 5.54. The highest BCUT2D eigenvalue weighted by molar-refractivity contribution is 6.01. The lowest BCUT2D eigenvalue weighted by Crippen LogP contribution is -2.32. The van der Waals surface area contributed by atoms with Crippen molar-refractivity contribution in [1.82, 2.24) is 4.90 Å². The van der Waals surface area contributed by atoms with E-state index in [-0.39, 0.29) is 11.8 Å². The Morgan fingerprint density at radius 3 is 1.44 bits per heavy atom. The van der Waals surface area contributed by atoms with Gasteiger partial charge in [0.25, 0.3) is 0 Å². The second-order valence-corrected chi connectivity index (χ2v) is 5.54. The van der Waals surface area contributed by atoms with Gasteiger partial charge in [0.2, 0.25) is 11.8 Å². The molecule has 0 radical (unpaired) electrons. The Hall–Kier alpha value is -1.52. The van der Waals surface area contributed by atoms with Gasteiger partial charge in [0, 0.05) is 12.8 Å². The van der Waals surface area contributed by atoms with Crippen LogP contribution in [0.15, 0.2) is 12.8 Å². The minimum Gasteiger partial charge on any atom is -0.499 e. The van der Waals surface area contributed by atoms with E-state index in [0.717, 1.165) is 0 Å². The molecule has 0 N–H and O–H groups in total. The average Bonchev–Trinajstić information content (AvgIpc) is 2.99. The van der Waals surface area contributed by atoms with Crippen molar-refractivity contribution in [1.29, 1.82) is 0 Å². The van der Waals surface area contributed by atoms with Crippen molar-refractivity contribution in [2.75, 3.05) is 79.2 Å². The van der Waals surface area contributed by atoms with Crippen LogP contribution >= 0.6 is 0 Å². The Labute approximate surface area is 160 Å². The van der Waals surface area contributed by atoms with Crippen molar-refractivity contribution in [3.63, 3.8) is 0 Å². The molecule has 9 heteroatoms. The molecule has 0 aliphatic carbocycles. The molecule has 1 saturated heterocycles. The van der Waals surface area contributed by atoms with E-state index in [1.807, 2.05) is 0 Å². The predicted octanol–water partition coefficient (Wildman–Crippen LogP) is 0.379. The van der Waals surface area contributed by atoms with Crippen molar-refractivity contribution >= 4 is 11.8 Å². The van der Waals surface area contributed by atoms with Crippen LogP contribution in [0.2, 0.25) is 0 Å². The molecule has 1 heterocycles. The minimum atomic E-state index is -0.119. The van der Waals surface area contributed by atoms with E-state index in [2.05, 4.69) is 6.58 Å². The number of rotatable bonds is 19. The molecule has 0 unspecified atom stereocenters. The summed E-state index contributed by atoms with van der Waals surface area (Å²) in [5, 5.41) is 0. The highest BCUT2D eigenvalue weighted by Crippen LogP contribution is 2.10. The zero-order chi connectivity index (χ0) is 19.6. The standard InChI is InChI=1S/C18H31NO8/c1-2-22-7-8-24-11-12-26-15-16-27-14-13-25-10-9-23-6-5-19-17(20)3-4-18(19)21/h2H,1,3-16H2. The van der Waals surface area contributed by atoms with E-state index in [0.29, 0.717) is 92.1 Å². The predicted molar refractivity (Wildman–Crippen MR) is 96.2 cm³/mol. The molecule has 0 bridgehead atoms. The summed E-state index contributed by atoms with van der Waals surface area (Å²) in [5.74, 6) is -0.238. The fraction of sp³-hybridized carbons (Fsp3) is 0.778. The van der Waals surface area contributed by atoms with Crippen molar-refractivity contribution in [3.05, 3.63) is 12.8 Å². The third-order valence-corrected chi connectivity index (χ3v) is 3.57. The first-order chi connectivity index (χ1) is 13.3. The highest BCUT2D eigenvalue weighted by atomic mass is 16.6. The van der Waals surface area contributed by atoms with Crippen LogP contribution in [0.5, 0.6) is 0 Å². The molecule has 9 nitrogen and oxygen atoms in total. The van der Waals surface area contributed by atoms with Crippen LogP contribution in [-0.4, -0.2) is 95.9 Å². The number of likely N-dealkylation sites (tertiary alicyclic amines) is 1.